The lowest BCUT2D eigenvalue weighted by Crippen LogP contribution is -2.38. The summed E-state index contributed by atoms with van der Waals surface area (Å²) in [6.07, 6.45) is 2.53. The molecule has 1 heterocycles. The van der Waals surface area contributed by atoms with Gasteiger partial charge in [-0.2, -0.15) is 0 Å². The normalized spacial score (nSPS) is 18.2. The lowest BCUT2D eigenvalue weighted by atomic mass is 9.78. The maximum Gasteiger partial charge on any atom is 0.228 e. The largest absolute Gasteiger partial charge is 0.327 e. The second kappa shape index (κ2) is 5.33. The molecule has 0 saturated heterocycles. The molecule has 1 amide bonds. The first kappa shape index (κ1) is 14.1. The molecular weight excluding hydrogens is 236 g/mol. The van der Waals surface area contributed by atoms with Gasteiger partial charge in [0.05, 0.1) is 0 Å². The quantitative estimate of drug-likeness (QED) is 0.905. The van der Waals surface area contributed by atoms with Gasteiger partial charge in [-0.1, -0.05) is 32.0 Å². The van der Waals surface area contributed by atoms with Gasteiger partial charge in [0.1, 0.15) is 0 Å². The van der Waals surface area contributed by atoms with Crippen molar-refractivity contribution in [1.29, 1.82) is 0 Å². The molecule has 1 aromatic rings. The van der Waals surface area contributed by atoms with E-state index < -0.39 is 0 Å². The molecule has 0 saturated carbocycles. The third-order valence-electron chi connectivity index (χ3n) is 4.38. The number of hydrogen-bond donors (Lipinski definition) is 1. The van der Waals surface area contributed by atoms with E-state index in [1.165, 1.54) is 5.56 Å². The van der Waals surface area contributed by atoms with Gasteiger partial charge in [-0.05, 0) is 31.4 Å². The molecule has 104 valence electrons. The van der Waals surface area contributed by atoms with Crippen LogP contribution in [0.5, 0.6) is 0 Å². The van der Waals surface area contributed by atoms with Gasteiger partial charge < -0.3 is 10.6 Å². The number of carbonyl (C=O) groups excluding carboxylic acids is 1. The molecule has 2 rings (SSSR count). The molecule has 3 nitrogen and oxygen atoms in total. The van der Waals surface area contributed by atoms with E-state index >= 15 is 0 Å². The molecular formula is C16H24N2O. The molecule has 0 spiro atoms. The monoisotopic (exact) mass is 260 g/mol. The average molecular weight is 260 g/mol. The fourth-order valence-electron chi connectivity index (χ4n) is 3.09. The Morgan fingerprint density at radius 1 is 1.37 bits per heavy atom. The van der Waals surface area contributed by atoms with Crippen molar-refractivity contribution in [2.24, 2.45) is 5.73 Å². The Kier molecular flexibility index (Phi) is 3.95. The number of carbonyl (C=O) groups is 1. The minimum atomic E-state index is -0.0853. The van der Waals surface area contributed by atoms with Crippen molar-refractivity contribution >= 4 is 11.6 Å². The second-order valence-electron chi connectivity index (χ2n) is 5.67. The number of nitrogens with zero attached hydrogens (tertiary/aromatic N) is 1. The number of rotatable bonds is 4. The van der Waals surface area contributed by atoms with Crippen LogP contribution in [0.1, 0.15) is 45.6 Å². The summed E-state index contributed by atoms with van der Waals surface area (Å²) in [7, 11) is 0. The van der Waals surface area contributed by atoms with Crippen molar-refractivity contribution in [2.45, 2.75) is 51.5 Å². The lowest BCUT2D eigenvalue weighted by molar-refractivity contribution is -0.118. The van der Waals surface area contributed by atoms with Gasteiger partial charge in [0.25, 0.3) is 0 Å². The molecule has 1 aliphatic heterocycles. The van der Waals surface area contributed by atoms with Gasteiger partial charge in [0, 0.05) is 30.1 Å². The van der Waals surface area contributed by atoms with Gasteiger partial charge in [-0.25, -0.2) is 0 Å². The number of fused-ring (bicyclic) bond motifs is 1. The highest BCUT2D eigenvalue weighted by Gasteiger charge is 2.41. The summed E-state index contributed by atoms with van der Waals surface area (Å²) >= 11 is 0. The molecule has 1 aromatic carbocycles. The van der Waals surface area contributed by atoms with E-state index in [1.807, 2.05) is 17.9 Å². The van der Waals surface area contributed by atoms with Crippen LogP contribution in [0.4, 0.5) is 5.69 Å². The first-order valence-electron chi connectivity index (χ1n) is 7.19. The number of benzene rings is 1. The zero-order valence-corrected chi connectivity index (χ0v) is 12.1. The molecule has 1 unspecified atom stereocenters. The Labute approximate surface area is 115 Å². The lowest BCUT2D eigenvalue weighted by Gasteiger charge is -2.27. The standard InChI is InChI=1S/C16H24N2O/c1-4-16(5-2)11-18(15(19)10-12(3)17)14-9-7-6-8-13(14)16/h6-9,12H,4-5,10-11,17H2,1-3H3. The summed E-state index contributed by atoms with van der Waals surface area (Å²) in [6, 6.07) is 8.21. The third-order valence-corrected chi connectivity index (χ3v) is 4.38. The molecule has 0 fully saturated rings. The third kappa shape index (κ3) is 2.39. The topological polar surface area (TPSA) is 46.3 Å². The molecule has 19 heavy (non-hydrogen) atoms. The van der Waals surface area contributed by atoms with Crippen LogP contribution < -0.4 is 10.6 Å². The fraction of sp³-hybridized carbons (Fsp3) is 0.562. The van der Waals surface area contributed by atoms with E-state index in [0.29, 0.717) is 6.42 Å². The smallest absolute Gasteiger partial charge is 0.228 e. The molecule has 0 bridgehead atoms. The zero-order chi connectivity index (χ0) is 14.0. The van der Waals surface area contributed by atoms with Crippen molar-refractivity contribution in [3.63, 3.8) is 0 Å². The van der Waals surface area contributed by atoms with Crippen LogP contribution in [0.25, 0.3) is 0 Å². The number of para-hydroxylation sites is 1. The van der Waals surface area contributed by atoms with Gasteiger partial charge in [-0.3, -0.25) is 4.79 Å². The molecule has 1 aliphatic rings. The molecule has 3 heteroatoms. The predicted molar refractivity (Wildman–Crippen MR) is 79.3 cm³/mol. The Balaban J connectivity index is 2.38. The van der Waals surface area contributed by atoms with Crippen LogP contribution in [0.15, 0.2) is 24.3 Å². The van der Waals surface area contributed by atoms with Crippen LogP contribution in [0.2, 0.25) is 0 Å². The van der Waals surface area contributed by atoms with E-state index in [0.717, 1.165) is 25.1 Å². The SMILES string of the molecule is CCC1(CC)CN(C(=O)CC(C)N)c2ccccc21. The summed E-state index contributed by atoms with van der Waals surface area (Å²) in [5, 5.41) is 0. The highest BCUT2D eigenvalue weighted by atomic mass is 16.2. The molecule has 2 N–H and O–H groups in total. The van der Waals surface area contributed by atoms with Crippen LogP contribution in [-0.2, 0) is 10.2 Å². The van der Waals surface area contributed by atoms with E-state index in [4.69, 9.17) is 5.73 Å². The maximum absolute atomic E-state index is 12.4. The Morgan fingerprint density at radius 3 is 2.58 bits per heavy atom. The van der Waals surface area contributed by atoms with Gasteiger partial charge in [-0.15, -0.1) is 0 Å². The van der Waals surface area contributed by atoms with Gasteiger partial charge >= 0.3 is 0 Å². The van der Waals surface area contributed by atoms with E-state index in [1.54, 1.807) is 0 Å². The van der Waals surface area contributed by atoms with Crippen LogP contribution in [-0.4, -0.2) is 18.5 Å². The summed E-state index contributed by atoms with van der Waals surface area (Å²) < 4.78 is 0. The first-order valence-corrected chi connectivity index (χ1v) is 7.19. The minimum absolute atomic E-state index is 0.0853. The van der Waals surface area contributed by atoms with Crippen molar-refractivity contribution in [3.8, 4) is 0 Å². The highest BCUT2D eigenvalue weighted by Crippen LogP contribution is 2.45. The number of anilines is 1. The van der Waals surface area contributed by atoms with Crippen molar-refractivity contribution in [2.75, 3.05) is 11.4 Å². The summed E-state index contributed by atoms with van der Waals surface area (Å²) in [5.41, 5.74) is 8.28. The summed E-state index contributed by atoms with van der Waals surface area (Å²) in [5.74, 6) is 0.145. The molecule has 0 radical (unpaired) electrons. The average Bonchev–Trinajstić information content (AvgIpc) is 2.73. The Bertz CT molecular complexity index is 464. The first-order chi connectivity index (χ1) is 9.04. The number of amides is 1. The molecule has 0 aliphatic carbocycles. The van der Waals surface area contributed by atoms with Gasteiger partial charge in [0.15, 0.2) is 0 Å². The van der Waals surface area contributed by atoms with E-state index in [-0.39, 0.29) is 17.4 Å². The van der Waals surface area contributed by atoms with E-state index in [2.05, 4.69) is 32.0 Å². The maximum atomic E-state index is 12.4. The van der Waals surface area contributed by atoms with Crippen molar-refractivity contribution in [3.05, 3.63) is 29.8 Å². The predicted octanol–water partition coefficient (Wildman–Crippen LogP) is 2.83. The van der Waals surface area contributed by atoms with E-state index in [9.17, 15) is 4.79 Å². The minimum Gasteiger partial charge on any atom is -0.327 e. The van der Waals surface area contributed by atoms with Gasteiger partial charge in [0.2, 0.25) is 5.91 Å². The molecule has 1 atom stereocenters. The second-order valence-corrected chi connectivity index (χ2v) is 5.67. The summed E-state index contributed by atoms with van der Waals surface area (Å²) in [6.45, 7) is 7.09. The van der Waals surface area contributed by atoms with Crippen molar-refractivity contribution in [1.82, 2.24) is 0 Å². The van der Waals surface area contributed by atoms with Crippen LogP contribution in [0, 0.1) is 0 Å². The van der Waals surface area contributed by atoms with Crippen molar-refractivity contribution < 1.29 is 4.79 Å². The number of hydrogen-bond acceptors (Lipinski definition) is 2. The zero-order valence-electron chi connectivity index (χ0n) is 12.1. The Morgan fingerprint density at radius 2 is 2.00 bits per heavy atom. The fourth-order valence-corrected chi connectivity index (χ4v) is 3.09. The highest BCUT2D eigenvalue weighted by molar-refractivity contribution is 5.96. The Hall–Kier alpha value is -1.35. The summed E-state index contributed by atoms with van der Waals surface area (Å²) in [4.78, 5) is 14.3. The van der Waals surface area contributed by atoms with Crippen LogP contribution in [0.3, 0.4) is 0 Å². The molecule has 0 aromatic heterocycles. The number of nitrogens with two attached hydrogens (primary N) is 1. The van der Waals surface area contributed by atoms with Crippen LogP contribution >= 0.6 is 0 Å².